The van der Waals surface area contributed by atoms with E-state index in [2.05, 4.69) is 248 Å². The van der Waals surface area contributed by atoms with Gasteiger partial charge in [0.15, 0.2) is 0 Å². The Morgan fingerprint density at radius 2 is 1.16 bits per heavy atom. The Bertz CT molecular complexity index is 3290. The number of benzene rings is 7. The second-order valence-electron chi connectivity index (χ2n) is 20.8. The van der Waals surface area contributed by atoms with Crippen molar-refractivity contribution in [1.29, 1.82) is 0 Å². The topological polar surface area (TPSA) is 33.5 Å². The Kier molecular flexibility index (Phi) is 11.8. The van der Waals surface area contributed by atoms with Crippen molar-refractivity contribution in [2.75, 3.05) is 9.80 Å². The van der Waals surface area contributed by atoms with E-state index in [4.69, 9.17) is 9.72 Å². The molecule has 3 heterocycles. The maximum absolute atomic E-state index is 6.87. The van der Waals surface area contributed by atoms with Crippen LogP contribution in [0, 0.1) is 25.7 Å². The number of nitrogens with zero attached hydrogens (tertiary/aromatic N) is 4. The van der Waals surface area contributed by atoms with E-state index in [0.29, 0.717) is 11.5 Å². The molecule has 1 aliphatic rings. The average Bonchev–Trinajstić information content (AvgIpc) is 3.84. The van der Waals surface area contributed by atoms with Crippen molar-refractivity contribution in [2.45, 2.75) is 85.5 Å². The molecular weight excluding hydrogens is 1000 g/mol. The predicted molar refractivity (Wildman–Crippen MR) is 276 cm³/mol. The zero-order valence-corrected chi connectivity index (χ0v) is 42.4. The monoisotopic (exact) mass is 1060 g/mol. The molecule has 6 heteroatoms. The number of hydrogen-bond donors (Lipinski definition) is 0. The number of anilines is 4. The van der Waals surface area contributed by atoms with Gasteiger partial charge in [0.1, 0.15) is 5.82 Å². The minimum Gasteiger partial charge on any atom is -0.509 e. The summed E-state index contributed by atoms with van der Waals surface area (Å²) in [7, 11) is 0. The third-order valence-electron chi connectivity index (χ3n) is 12.9. The second kappa shape index (κ2) is 17.3. The molecule has 0 fully saturated rings. The number of rotatable bonds is 7. The van der Waals surface area contributed by atoms with Crippen molar-refractivity contribution in [2.24, 2.45) is 0 Å². The number of aryl methyl sites for hydroxylation is 1. The summed E-state index contributed by atoms with van der Waals surface area (Å²) in [6, 6.07) is 61.7. The van der Waals surface area contributed by atoms with E-state index in [9.17, 15) is 0 Å². The molecule has 0 aliphatic carbocycles. The molecule has 0 unspecified atom stereocenters. The van der Waals surface area contributed by atoms with Crippen molar-refractivity contribution < 1.29 is 25.8 Å². The largest absolute Gasteiger partial charge is 0.509 e. The van der Waals surface area contributed by atoms with E-state index in [1.165, 1.54) is 27.8 Å². The fourth-order valence-corrected chi connectivity index (χ4v) is 9.05. The van der Waals surface area contributed by atoms with E-state index >= 15 is 0 Å². The van der Waals surface area contributed by atoms with E-state index in [1.54, 1.807) is 0 Å². The molecule has 0 saturated heterocycles. The predicted octanol–water partition coefficient (Wildman–Crippen LogP) is 16.5. The quantitative estimate of drug-likeness (QED) is 0.149. The van der Waals surface area contributed by atoms with Gasteiger partial charge < -0.3 is 19.1 Å². The molecule has 1 aliphatic heterocycles. The van der Waals surface area contributed by atoms with E-state index in [1.807, 2.05) is 12.3 Å². The number of para-hydroxylation sites is 3. The fraction of sp³-hybridized carbons (Fsp3) is 0.213. The first-order valence-corrected chi connectivity index (χ1v) is 23.0. The van der Waals surface area contributed by atoms with Gasteiger partial charge in [-0.25, -0.2) is 4.98 Å². The number of fused-ring (bicyclic) bond motifs is 4. The second-order valence-corrected chi connectivity index (χ2v) is 20.8. The Morgan fingerprint density at radius 1 is 0.522 bits per heavy atom. The van der Waals surface area contributed by atoms with Gasteiger partial charge in [-0.1, -0.05) is 159 Å². The number of pyridine rings is 1. The molecule has 67 heavy (non-hydrogen) atoms. The van der Waals surface area contributed by atoms with E-state index < -0.39 is 0 Å². The Balaban J connectivity index is 0.00000562. The van der Waals surface area contributed by atoms with Gasteiger partial charge in [-0.05, 0) is 98.3 Å². The van der Waals surface area contributed by atoms with Crippen LogP contribution in [0.15, 0.2) is 158 Å². The van der Waals surface area contributed by atoms with Crippen molar-refractivity contribution in [1.82, 2.24) is 9.55 Å². The third-order valence-corrected chi connectivity index (χ3v) is 12.9. The summed E-state index contributed by atoms with van der Waals surface area (Å²) < 4.78 is 9.08. The molecule has 0 atom stereocenters. The SMILES string of the molecule is Cc1cc(-n2c3[c-]c(Oc4[c-]c(N5[CH-]N(c6cc(-c7ccccc7)cc(C(C)(C)C)c6)c6ccccc65)cc(C(C)(C)C)c4)ccc3c3ccccc32)ncc1-c1cccc(C(C)(C)C)c1.[Pt]. The number of ether oxygens (including phenoxy) is 1. The molecule has 5 nitrogen and oxygen atoms in total. The molecule has 340 valence electrons. The summed E-state index contributed by atoms with van der Waals surface area (Å²) in [6.07, 6.45) is 2.01. The summed E-state index contributed by atoms with van der Waals surface area (Å²) in [5.74, 6) is 2.06. The molecule has 0 spiro atoms. The Morgan fingerprint density at radius 3 is 1.88 bits per heavy atom. The zero-order chi connectivity index (χ0) is 46.1. The molecular formula is C61H57N4OPt-3. The van der Waals surface area contributed by atoms with Gasteiger partial charge in [0.05, 0.1) is 0 Å². The van der Waals surface area contributed by atoms with Gasteiger partial charge in [0.2, 0.25) is 0 Å². The van der Waals surface area contributed by atoms with E-state index in [0.717, 1.165) is 67.1 Å². The van der Waals surface area contributed by atoms with Crippen LogP contribution in [0.4, 0.5) is 22.7 Å². The first-order chi connectivity index (χ1) is 31.5. The van der Waals surface area contributed by atoms with Crippen LogP contribution in [-0.2, 0) is 37.3 Å². The molecule has 0 N–H and O–H groups in total. The van der Waals surface area contributed by atoms with Crippen LogP contribution in [0.25, 0.3) is 49.9 Å². The molecule has 2 aromatic heterocycles. The van der Waals surface area contributed by atoms with Gasteiger partial charge in [-0.2, -0.15) is 6.07 Å². The minimum absolute atomic E-state index is 0. The molecule has 7 aromatic carbocycles. The van der Waals surface area contributed by atoms with Gasteiger partial charge in [-0.3, -0.25) is 0 Å². The molecule has 9 aromatic rings. The van der Waals surface area contributed by atoms with Crippen LogP contribution in [-0.4, -0.2) is 9.55 Å². The van der Waals surface area contributed by atoms with Crippen LogP contribution >= 0.6 is 0 Å². The molecule has 0 saturated carbocycles. The first-order valence-electron chi connectivity index (χ1n) is 23.0. The molecule has 0 bridgehead atoms. The first kappa shape index (κ1) is 45.7. The summed E-state index contributed by atoms with van der Waals surface area (Å²) in [5.41, 5.74) is 15.5. The van der Waals surface area contributed by atoms with Gasteiger partial charge in [0.25, 0.3) is 0 Å². The smallest absolute Gasteiger partial charge is 0.135 e. The van der Waals surface area contributed by atoms with Gasteiger partial charge in [-0.15, -0.1) is 53.6 Å². The van der Waals surface area contributed by atoms with Crippen LogP contribution < -0.4 is 14.5 Å². The van der Waals surface area contributed by atoms with Crippen LogP contribution in [0.1, 0.15) is 84.6 Å². The zero-order valence-electron chi connectivity index (χ0n) is 40.1. The maximum atomic E-state index is 6.87. The van der Waals surface area contributed by atoms with Crippen LogP contribution in [0.2, 0.25) is 0 Å². The molecule has 10 rings (SSSR count). The van der Waals surface area contributed by atoms with Crippen LogP contribution in [0.3, 0.4) is 0 Å². The summed E-state index contributed by atoms with van der Waals surface area (Å²) >= 11 is 0. The summed E-state index contributed by atoms with van der Waals surface area (Å²) in [6.45, 7) is 24.7. The maximum Gasteiger partial charge on any atom is 0.135 e. The molecule has 0 amide bonds. The fourth-order valence-electron chi connectivity index (χ4n) is 9.05. The number of hydrogen-bond acceptors (Lipinski definition) is 4. The van der Waals surface area contributed by atoms with Gasteiger partial charge >= 0.3 is 0 Å². The standard InChI is InChI=1S/C61H57N4O.Pt/c1-40-29-58(62-38-53(40)42-21-18-22-44(30-42)59(2,3)4)65-54-24-15-14-23-51(54)52-28-27-49(37-57(52)65)66-50-35-46(61(8,9)10)34-48(36-50)64-39-63(55-25-16-17-26-56(55)64)47-32-43(41-19-12-11-13-20-41)31-45(33-47)60(5,6)7;/h11-35,38-39H,1-10H3;/q-3;. The van der Waals surface area contributed by atoms with Crippen LogP contribution in [0.5, 0.6) is 11.5 Å². The average molecular weight is 1060 g/mol. The summed E-state index contributed by atoms with van der Waals surface area (Å²) in [5, 5.41) is 2.22. The van der Waals surface area contributed by atoms with Crippen molar-refractivity contribution >= 4 is 44.6 Å². The normalized spacial score (nSPS) is 13.0. The Labute approximate surface area is 411 Å². The number of aromatic nitrogens is 2. The minimum atomic E-state index is -0.170. The van der Waals surface area contributed by atoms with E-state index in [-0.39, 0.29) is 37.3 Å². The molecule has 0 radical (unpaired) electrons. The van der Waals surface area contributed by atoms with Gasteiger partial charge in [0, 0.05) is 66.9 Å². The Hall–Kier alpha value is -6.42. The van der Waals surface area contributed by atoms with Crippen molar-refractivity contribution in [3.63, 3.8) is 0 Å². The third kappa shape index (κ3) is 8.83. The van der Waals surface area contributed by atoms with Crippen molar-refractivity contribution in [3.8, 4) is 39.6 Å². The van der Waals surface area contributed by atoms with Crippen molar-refractivity contribution in [3.05, 3.63) is 199 Å². The summed E-state index contributed by atoms with van der Waals surface area (Å²) in [4.78, 5) is 9.67.